The molecular formula is C11H5Cl3FNO2. The second-order valence-electron chi connectivity index (χ2n) is 3.53. The van der Waals surface area contributed by atoms with Gasteiger partial charge in [-0.05, 0) is 12.1 Å². The number of carbonyl (C=O) groups is 2. The van der Waals surface area contributed by atoms with Gasteiger partial charge in [-0.1, -0.05) is 34.8 Å². The van der Waals surface area contributed by atoms with Gasteiger partial charge in [0.05, 0.1) is 22.8 Å². The minimum atomic E-state index is -0.881. The molecule has 0 aromatic heterocycles. The van der Waals surface area contributed by atoms with Crippen LogP contribution in [0, 0.1) is 5.82 Å². The van der Waals surface area contributed by atoms with Crippen molar-refractivity contribution in [2.24, 2.45) is 0 Å². The molecule has 0 saturated carbocycles. The zero-order valence-electron chi connectivity index (χ0n) is 8.71. The summed E-state index contributed by atoms with van der Waals surface area (Å²) >= 11 is 16.9. The van der Waals surface area contributed by atoms with Gasteiger partial charge in [0, 0.05) is 10.6 Å². The number of nitrogens with zero attached hydrogens (tertiary/aromatic N) is 1. The third kappa shape index (κ3) is 2.00. The Morgan fingerprint density at radius 2 is 2.06 bits per heavy atom. The number of Topliss-reactive ketones (excluding diaryl/α,β-unsaturated/α-hetero) is 1. The topological polar surface area (TPSA) is 37.4 Å². The lowest BCUT2D eigenvalue weighted by molar-refractivity contribution is -0.114. The molecule has 3 nitrogen and oxygen atoms in total. The van der Waals surface area contributed by atoms with Gasteiger partial charge in [-0.3, -0.25) is 14.5 Å². The molecule has 94 valence electrons. The monoisotopic (exact) mass is 307 g/mol. The average Bonchev–Trinajstić information content (AvgIpc) is 2.60. The summed E-state index contributed by atoms with van der Waals surface area (Å²) in [5.74, 6) is -2.45. The maximum absolute atomic E-state index is 13.7. The molecule has 1 aromatic carbocycles. The van der Waals surface area contributed by atoms with Crippen LogP contribution in [0.1, 0.15) is 10.4 Å². The summed E-state index contributed by atoms with van der Waals surface area (Å²) in [5.41, 5.74) is 0.745. The fourth-order valence-corrected chi connectivity index (χ4v) is 2.12. The maximum Gasteiger partial charge on any atom is 0.299 e. The summed E-state index contributed by atoms with van der Waals surface area (Å²) in [4.78, 5) is 24.4. The number of hydrogen-bond acceptors (Lipinski definition) is 2. The first kappa shape index (κ1) is 13.3. The number of benzene rings is 1. The number of fused-ring (bicyclic) bond motifs is 1. The molecule has 0 aliphatic carbocycles. The van der Waals surface area contributed by atoms with Crippen molar-refractivity contribution in [2.75, 3.05) is 11.4 Å². The highest BCUT2D eigenvalue weighted by molar-refractivity contribution is 6.55. The molecule has 0 atom stereocenters. The second-order valence-corrected chi connectivity index (χ2v) is 4.64. The van der Waals surface area contributed by atoms with Crippen LogP contribution in [0.25, 0.3) is 0 Å². The van der Waals surface area contributed by atoms with Crippen molar-refractivity contribution in [2.45, 2.75) is 0 Å². The van der Waals surface area contributed by atoms with E-state index in [0.717, 1.165) is 16.5 Å². The molecule has 1 aliphatic rings. The Bertz CT molecular complexity index is 586. The molecule has 0 saturated heterocycles. The van der Waals surface area contributed by atoms with Gasteiger partial charge in [0.1, 0.15) is 5.82 Å². The van der Waals surface area contributed by atoms with E-state index in [2.05, 4.69) is 0 Å². The van der Waals surface area contributed by atoms with Crippen LogP contribution in [0.5, 0.6) is 0 Å². The van der Waals surface area contributed by atoms with E-state index in [4.69, 9.17) is 34.8 Å². The Morgan fingerprint density at radius 1 is 1.39 bits per heavy atom. The van der Waals surface area contributed by atoms with E-state index in [-0.39, 0.29) is 27.9 Å². The van der Waals surface area contributed by atoms with E-state index in [0.29, 0.717) is 0 Å². The van der Waals surface area contributed by atoms with E-state index in [1.165, 1.54) is 6.07 Å². The molecule has 0 spiro atoms. The van der Waals surface area contributed by atoms with Crippen molar-refractivity contribution in [3.8, 4) is 0 Å². The Kier molecular flexibility index (Phi) is 3.61. The van der Waals surface area contributed by atoms with E-state index >= 15 is 0 Å². The summed E-state index contributed by atoms with van der Waals surface area (Å²) in [6, 6.07) is 2.31. The Labute approximate surface area is 117 Å². The Balaban J connectivity index is 2.58. The fourth-order valence-electron chi connectivity index (χ4n) is 1.69. The molecular weight excluding hydrogens is 303 g/mol. The zero-order chi connectivity index (χ0) is 13.4. The SMILES string of the molecule is O=C1C(=O)N(CC(Cl)=CCl)c2c(F)ccc(Cl)c21. The molecule has 0 radical (unpaired) electrons. The highest BCUT2D eigenvalue weighted by Crippen LogP contribution is 2.37. The van der Waals surface area contributed by atoms with E-state index in [9.17, 15) is 14.0 Å². The van der Waals surface area contributed by atoms with Gasteiger partial charge in [0.2, 0.25) is 0 Å². The summed E-state index contributed by atoms with van der Waals surface area (Å²) in [7, 11) is 0. The zero-order valence-corrected chi connectivity index (χ0v) is 11.0. The largest absolute Gasteiger partial charge is 0.299 e. The predicted molar refractivity (Wildman–Crippen MR) is 67.9 cm³/mol. The lowest BCUT2D eigenvalue weighted by Crippen LogP contribution is -2.31. The first-order chi connectivity index (χ1) is 8.47. The van der Waals surface area contributed by atoms with Gasteiger partial charge in [0.25, 0.3) is 11.7 Å². The average molecular weight is 309 g/mol. The van der Waals surface area contributed by atoms with Crippen molar-refractivity contribution in [3.63, 3.8) is 0 Å². The van der Waals surface area contributed by atoms with Crippen LogP contribution in [0.2, 0.25) is 5.02 Å². The van der Waals surface area contributed by atoms with Crippen molar-refractivity contribution < 1.29 is 14.0 Å². The van der Waals surface area contributed by atoms with E-state index in [1.54, 1.807) is 0 Å². The third-order valence-corrected chi connectivity index (χ3v) is 3.36. The predicted octanol–water partition coefficient (Wildman–Crippen LogP) is 3.33. The van der Waals surface area contributed by atoms with Crippen molar-refractivity contribution >= 4 is 52.2 Å². The van der Waals surface area contributed by atoms with Gasteiger partial charge in [-0.15, -0.1) is 0 Å². The molecule has 1 heterocycles. The quantitative estimate of drug-likeness (QED) is 0.786. The summed E-state index contributed by atoms with van der Waals surface area (Å²) in [6.45, 7) is -0.181. The molecule has 0 N–H and O–H groups in total. The smallest absolute Gasteiger partial charge is 0.297 e. The Morgan fingerprint density at radius 3 is 2.67 bits per heavy atom. The van der Waals surface area contributed by atoms with Crippen LogP contribution >= 0.6 is 34.8 Å². The lowest BCUT2D eigenvalue weighted by Gasteiger charge is -2.16. The molecule has 0 fully saturated rings. The van der Waals surface area contributed by atoms with Crippen LogP contribution in [-0.2, 0) is 4.79 Å². The number of hydrogen-bond donors (Lipinski definition) is 0. The van der Waals surface area contributed by atoms with Gasteiger partial charge in [-0.2, -0.15) is 0 Å². The highest BCUT2D eigenvalue weighted by Gasteiger charge is 2.39. The standard InChI is InChI=1S/C11H5Cl3FNO2/c12-3-5(13)4-16-9-7(15)2-1-6(14)8(9)10(17)11(16)18/h1-3H,4H2. The van der Waals surface area contributed by atoms with Crippen LogP contribution < -0.4 is 4.90 Å². The number of ketones is 1. The number of anilines is 1. The molecule has 1 aromatic rings. The van der Waals surface area contributed by atoms with Gasteiger partial charge in [0.15, 0.2) is 0 Å². The minimum absolute atomic E-state index is 0.0261. The van der Waals surface area contributed by atoms with Crippen molar-refractivity contribution in [3.05, 3.63) is 39.1 Å². The second kappa shape index (κ2) is 4.88. The molecule has 1 amide bonds. The number of halogens is 4. The molecule has 2 rings (SSSR count). The normalized spacial score (nSPS) is 15.3. The lowest BCUT2D eigenvalue weighted by atomic mass is 10.1. The molecule has 0 unspecified atom stereocenters. The molecule has 1 aliphatic heterocycles. The number of carbonyl (C=O) groups excluding carboxylic acids is 2. The van der Waals surface area contributed by atoms with Crippen molar-refractivity contribution in [1.82, 2.24) is 0 Å². The minimum Gasteiger partial charge on any atom is -0.297 e. The van der Waals surface area contributed by atoms with Gasteiger partial charge >= 0.3 is 0 Å². The van der Waals surface area contributed by atoms with E-state index in [1.807, 2.05) is 0 Å². The first-order valence-corrected chi connectivity index (χ1v) is 5.95. The van der Waals surface area contributed by atoms with Gasteiger partial charge < -0.3 is 0 Å². The Hall–Kier alpha value is -1.10. The van der Waals surface area contributed by atoms with Crippen LogP contribution in [0.3, 0.4) is 0 Å². The maximum atomic E-state index is 13.7. The van der Waals surface area contributed by atoms with Crippen LogP contribution in [0.4, 0.5) is 10.1 Å². The van der Waals surface area contributed by atoms with Crippen LogP contribution in [0.15, 0.2) is 22.7 Å². The van der Waals surface area contributed by atoms with Crippen molar-refractivity contribution in [1.29, 1.82) is 0 Å². The fraction of sp³-hybridized carbons (Fsp3) is 0.0909. The highest BCUT2D eigenvalue weighted by atomic mass is 35.5. The van der Waals surface area contributed by atoms with E-state index < -0.39 is 17.5 Å². The third-order valence-electron chi connectivity index (χ3n) is 2.44. The summed E-state index contributed by atoms with van der Waals surface area (Å²) in [5, 5.41) is 0.128. The first-order valence-electron chi connectivity index (χ1n) is 4.76. The number of amides is 1. The molecule has 7 heteroatoms. The summed E-state index contributed by atoms with van der Waals surface area (Å²) in [6.07, 6.45) is 0. The molecule has 0 bridgehead atoms. The summed E-state index contributed by atoms with van der Waals surface area (Å²) < 4.78 is 13.7. The van der Waals surface area contributed by atoms with Crippen LogP contribution in [-0.4, -0.2) is 18.2 Å². The molecule has 18 heavy (non-hydrogen) atoms. The number of rotatable bonds is 2. The van der Waals surface area contributed by atoms with Gasteiger partial charge in [-0.25, -0.2) is 4.39 Å².